The molecule has 1 atom stereocenters. The Kier molecular flexibility index (Phi) is 14.1. The fraction of sp³-hybridized carbons (Fsp3) is 0.466. The van der Waals surface area contributed by atoms with Crippen molar-refractivity contribution in [3.05, 3.63) is 129 Å². The summed E-state index contributed by atoms with van der Waals surface area (Å²) in [6.45, 7) is 12.3. The average molecular weight is 1090 g/mol. The number of likely N-dealkylation sites (tertiary alicyclic amines) is 2. The van der Waals surface area contributed by atoms with Gasteiger partial charge < -0.3 is 34.5 Å². The van der Waals surface area contributed by atoms with Crippen LogP contribution in [0.1, 0.15) is 111 Å². The SMILES string of the molecule is COc1ccc(CN2CC3(C2)CN(C2CC4(CCN(c5ccc(C(=O)NS(=O)(=O)c6cnc(NCC7CCC(C)(O)CC7)c([N+](=O)[O-])c6)c(Oc6cc7c(F)c[nH]c7nc6OC)c5)CC4)C2)[C@@H]3c2ccccc2C(C)C)cc1. The minimum atomic E-state index is -4.74. The van der Waals surface area contributed by atoms with Crippen LogP contribution in [0.4, 0.5) is 21.6 Å². The molecular formula is C58H68FN9O9S. The Morgan fingerprint density at radius 1 is 0.962 bits per heavy atom. The van der Waals surface area contributed by atoms with E-state index in [0.717, 1.165) is 94.8 Å². The van der Waals surface area contributed by atoms with Gasteiger partial charge in [-0.25, -0.2) is 22.5 Å². The minimum absolute atomic E-state index is 0.0122. The van der Waals surface area contributed by atoms with Crippen LogP contribution in [-0.2, 0) is 16.6 Å². The number of carbonyl (C=O) groups is 1. The van der Waals surface area contributed by atoms with Crippen LogP contribution in [0.15, 0.2) is 96.2 Å². The van der Waals surface area contributed by atoms with Crippen molar-refractivity contribution in [2.75, 3.05) is 63.7 Å². The van der Waals surface area contributed by atoms with E-state index in [-0.39, 0.29) is 56.5 Å². The maximum absolute atomic E-state index is 14.9. The van der Waals surface area contributed by atoms with E-state index in [1.807, 2.05) is 12.1 Å². The maximum atomic E-state index is 14.9. The second kappa shape index (κ2) is 20.7. The molecule has 3 aliphatic heterocycles. The summed E-state index contributed by atoms with van der Waals surface area (Å²) in [5.41, 5.74) is 4.00. The number of aromatic amines is 1. The molecule has 1 amide bonds. The molecule has 2 aliphatic carbocycles. The van der Waals surface area contributed by atoms with Gasteiger partial charge in [-0.2, -0.15) is 4.98 Å². The summed E-state index contributed by atoms with van der Waals surface area (Å²) in [4.78, 5) is 44.0. The van der Waals surface area contributed by atoms with Gasteiger partial charge in [0.15, 0.2) is 5.75 Å². The number of piperidine rings is 1. The molecular weight excluding hydrogens is 1020 g/mol. The van der Waals surface area contributed by atoms with Crippen molar-refractivity contribution >= 4 is 44.2 Å². The molecule has 2 spiro atoms. The van der Waals surface area contributed by atoms with Gasteiger partial charge in [0.1, 0.15) is 27.9 Å². The smallest absolute Gasteiger partial charge is 0.312 e. The number of amides is 1. The van der Waals surface area contributed by atoms with Crippen LogP contribution in [0.2, 0.25) is 0 Å². The molecule has 78 heavy (non-hydrogen) atoms. The fourth-order valence-corrected chi connectivity index (χ4v) is 14.0. The number of nitrogens with zero attached hydrogens (tertiary/aromatic N) is 6. The third-order valence-corrected chi connectivity index (χ3v) is 18.7. The molecule has 4 N–H and O–H groups in total. The second-order valence-corrected chi connectivity index (χ2v) is 24.8. The van der Waals surface area contributed by atoms with E-state index in [2.05, 4.69) is 89.9 Å². The molecule has 5 fully saturated rings. The molecule has 2 saturated carbocycles. The predicted molar refractivity (Wildman–Crippen MR) is 293 cm³/mol. The van der Waals surface area contributed by atoms with Crippen molar-refractivity contribution in [2.45, 2.75) is 107 Å². The van der Waals surface area contributed by atoms with Gasteiger partial charge in [-0.1, -0.05) is 50.2 Å². The first-order valence-corrected chi connectivity index (χ1v) is 28.5. The summed E-state index contributed by atoms with van der Waals surface area (Å²) >= 11 is 0. The Morgan fingerprint density at radius 3 is 2.38 bits per heavy atom. The largest absolute Gasteiger partial charge is 0.497 e. The standard InChI is InChI=1S/C58H68FN9O9S/c1-36(2)43-8-6-7-9-44(43)51-58(33-65(34-58)32-38-10-13-41(75-4)14-11-38)35-67(51)40-27-57(28-40)20-22-66(23-21-57)39-12-15-45(49(24-39)77-50-26-46-47(59)31-62-52(46)63-55(50)76-5)54(69)64-78(73,74)42-25-48(68(71)72)53(61-30-42)60-29-37-16-18-56(3,70)19-17-37/h6-15,24-26,30-31,36-37,40,51,70H,16-23,27-29,32-35H2,1-5H3,(H,60,61)(H,62,63)(H,64,69)/t37?,51-,56?/m1/s1. The van der Waals surface area contributed by atoms with Gasteiger partial charge in [0.2, 0.25) is 5.82 Å². The van der Waals surface area contributed by atoms with Crippen molar-refractivity contribution in [1.29, 1.82) is 0 Å². The molecule has 5 aliphatic rings. The van der Waals surface area contributed by atoms with Gasteiger partial charge in [0.25, 0.3) is 21.8 Å². The molecule has 3 aromatic carbocycles. The van der Waals surface area contributed by atoms with Crippen LogP contribution >= 0.6 is 0 Å². The van der Waals surface area contributed by atoms with Crippen LogP contribution in [0.3, 0.4) is 0 Å². The average Bonchev–Trinajstić information content (AvgIpc) is 3.46. The van der Waals surface area contributed by atoms with Crippen LogP contribution in [-0.4, -0.2) is 114 Å². The molecule has 11 rings (SSSR count). The Morgan fingerprint density at radius 2 is 1.69 bits per heavy atom. The number of fused-ring (bicyclic) bond motifs is 1. The molecule has 18 nitrogen and oxygen atoms in total. The molecule has 0 radical (unpaired) electrons. The summed E-state index contributed by atoms with van der Waals surface area (Å²) in [6, 6.07) is 25.4. The first-order chi connectivity index (χ1) is 37.3. The fourth-order valence-electron chi connectivity index (χ4n) is 13.1. The molecule has 6 heterocycles. The number of nitrogens with one attached hydrogen (secondary N) is 3. The topological polar surface area (TPSA) is 218 Å². The van der Waals surface area contributed by atoms with E-state index in [9.17, 15) is 32.8 Å². The summed E-state index contributed by atoms with van der Waals surface area (Å²) in [6.07, 6.45) is 8.87. The van der Waals surface area contributed by atoms with Crippen LogP contribution < -0.4 is 29.1 Å². The van der Waals surface area contributed by atoms with E-state index in [0.29, 0.717) is 50.2 Å². The van der Waals surface area contributed by atoms with Gasteiger partial charge in [0.05, 0.1) is 41.9 Å². The number of aromatic nitrogens is 3. The summed E-state index contributed by atoms with van der Waals surface area (Å²) in [5.74, 6) is -0.460. The van der Waals surface area contributed by atoms with E-state index >= 15 is 0 Å². The minimum Gasteiger partial charge on any atom is -0.497 e. The highest BCUT2D eigenvalue weighted by molar-refractivity contribution is 7.90. The number of carbonyl (C=O) groups excluding carboxylic acids is 1. The molecule has 6 aromatic rings. The Hall–Kier alpha value is -6.87. The number of benzene rings is 3. The number of anilines is 2. The molecule has 3 aromatic heterocycles. The van der Waals surface area contributed by atoms with Crippen molar-refractivity contribution in [3.8, 4) is 23.1 Å². The molecule has 20 heteroatoms. The normalized spacial score (nSPS) is 22.2. The van der Waals surface area contributed by atoms with Crippen LogP contribution in [0, 0.1) is 32.7 Å². The summed E-state index contributed by atoms with van der Waals surface area (Å²) < 4.78 is 62.1. The number of hydrogen-bond donors (Lipinski definition) is 4. The third kappa shape index (κ3) is 10.3. The van der Waals surface area contributed by atoms with Crippen LogP contribution in [0.5, 0.6) is 23.1 Å². The lowest BCUT2D eigenvalue weighted by Gasteiger charge is -2.70. The highest BCUT2D eigenvalue weighted by Gasteiger charge is 2.63. The number of hydrogen-bond acceptors (Lipinski definition) is 15. The molecule has 412 valence electrons. The highest BCUT2D eigenvalue weighted by atomic mass is 32.2. The van der Waals surface area contributed by atoms with E-state index in [4.69, 9.17) is 14.2 Å². The van der Waals surface area contributed by atoms with Crippen molar-refractivity contribution in [2.24, 2.45) is 16.7 Å². The van der Waals surface area contributed by atoms with E-state index < -0.39 is 42.9 Å². The zero-order chi connectivity index (χ0) is 54.7. The monoisotopic (exact) mass is 1090 g/mol. The van der Waals surface area contributed by atoms with Crippen molar-refractivity contribution in [3.63, 3.8) is 0 Å². The quantitative estimate of drug-likeness (QED) is 0.0494. The summed E-state index contributed by atoms with van der Waals surface area (Å²) in [7, 11) is -1.67. The van der Waals surface area contributed by atoms with Crippen LogP contribution in [0.25, 0.3) is 11.0 Å². The second-order valence-electron chi connectivity index (χ2n) is 23.1. The van der Waals surface area contributed by atoms with Gasteiger partial charge in [-0.3, -0.25) is 24.7 Å². The number of nitro groups is 1. The number of halogens is 1. The number of aliphatic hydroxyl groups is 1. The maximum Gasteiger partial charge on any atom is 0.312 e. The number of rotatable bonds is 17. The van der Waals surface area contributed by atoms with Gasteiger partial charge in [-0.05, 0) is 116 Å². The number of pyridine rings is 2. The lowest BCUT2D eigenvalue weighted by molar-refractivity contribution is -0.384. The first kappa shape index (κ1) is 53.1. The number of sulfonamides is 1. The Balaban J connectivity index is 0.794. The zero-order valence-electron chi connectivity index (χ0n) is 44.8. The third-order valence-electron chi connectivity index (χ3n) is 17.4. The van der Waals surface area contributed by atoms with Crippen molar-refractivity contribution in [1.82, 2.24) is 29.5 Å². The Bertz CT molecular complexity index is 3340. The summed E-state index contributed by atoms with van der Waals surface area (Å²) in [5, 5.41) is 25.7. The Labute approximate surface area is 453 Å². The number of H-pyrrole nitrogens is 1. The first-order valence-electron chi connectivity index (χ1n) is 27.0. The number of ether oxygens (including phenoxy) is 3. The van der Waals surface area contributed by atoms with Gasteiger partial charge in [-0.15, -0.1) is 0 Å². The lowest BCUT2D eigenvalue weighted by atomic mass is 9.55. The molecule has 0 bridgehead atoms. The number of methoxy groups -OCH3 is 2. The molecule has 3 saturated heterocycles. The lowest BCUT2D eigenvalue weighted by Crippen LogP contribution is -2.76. The zero-order valence-corrected chi connectivity index (χ0v) is 45.6. The molecule has 0 unspecified atom stereocenters. The van der Waals surface area contributed by atoms with E-state index in [1.165, 1.54) is 35.9 Å². The predicted octanol–water partition coefficient (Wildman–Crippen LogP) is 9.72. The van der Waals surface area contributed by atoms with E-state index in [1.54, 1.807) is 26.2 Å². The van der Waals surface area contributed by atoms with Crippen molar-refractivity contribution < 1.29 is 41.8 Å². The highest BCUT2D eigenvalue weighted by Crippen LogP contribution is 2.62. The van der Waals surface area contributed by atoms with Gasteiger partial charge in [0, 0.05) is 93.4 Å². The van der Waals surface area contributed by atoms with Gasteiger partial charge >= 0.3 is 5.69 Å².